The van der Waals surface area contributed by atoms with Crippen molar-refractivity contribution in [3.05, 3.63) is 194 Å². The average molecular weight is 1480 g/mol. The van der Waals surface area contributed by atoms with E-state index in [2.05, 4.69) is 194 Å². The molecule has 7 fully saturated rings. The topological polar surface area (TPSA) is 38.7 Å². The number of rotatable bonds is 0. The highest BCUT2D eigenvalue weighted by molar-refractivity contribution is 5.25. The van der Waals surface area contributed by atoms with Crippen molar-refractivity contribution < 1.29 is 13.2 Å². The Hall–Kier alpha value is -5.10. The van der Waals surface area contributed by atoms with Crippen LogP contribution in [0.1, 0.15) is 344 Å². The molecule has 6 aromatic rings. The molecule has 0 spiro atoms. The van der Waals surface area contributed by atoms with Crippen LogP contribution < -0.4 is 0 Å². The predicted molar refractivity (Wildman–Crippen MR) is 466 cm³/mol. The molecule has 0 saturated heterocycles. The highest BCUT2D eigenvalue weighted by Crippen LogP contribution is 2.32. The highest BCUT2D eigenvalue weighted by Gasteiger charge is 2.18. The van der Waals surface area contributed by atoms with Crippen LogP contribution in [0.3, 0.4) is 0 Å². The Labute approximate surface area is 661 Å². The van der Waals surface area contributed by atoms with E-state index in [-0.39, 0.29) is 5.82 Å². The normalized spacial score (nSPS) is 25.3. The zero-order valence-electron chi connectivity index (χ0n) is 74.2. The number of aryl methyl sites for hydroxylation is 12. The molecule has 4 aromatic carbocycles. The Morgan fingerprint density at radius 3 is 0.542 bits per heavy atom. The molecule has 6 heteroatoms. The number of pyridine rings is 1. The lowest BCUT2D eigenvalue weighted by atomic mass is 9.84. The molecule has 606 valence electrons. The lowest BCUT2D eigenvalue weighted by Gasteiger charge is -2.22. The first-order valence-corrected chi connectivity index (χ1v) is 43.3. The van der Waals surface area contributed by atoms with E-state index in [1.54, 1.807) is 25.1 Å². The highest BCUT2D eigenvalue weighted by atomic mass is 19.2. The Morgan fingerprint density at radius 2 is 0.383 bits per heavy atom. The van der Waals surface area contributed by atoms with Crippen LogP contribution in [-0.2, 0) is 0 Å². The maximum Gasteiger partial charge on any atom is 0.161 e. The molecule has 2 heterocycles. The van der Waals surface area contributed by atoms with Crippen molar-refractivity contribution in [2.24, 2.45) is 82.9 Å². The van der Waals surface area contributed by atoms with Crippen LogP contribution in [-0.4, -0.2) is 15.0 Å². The van der Waals surface area contributed by atoms with E-state index in [0.717, 1.165) is 105 Å². The summed E-state index contributed by atoms with van der Waals surface area (Å²) in [6.07, 6.45) is 46.7. The molecule has 0 atom stereocenters. The molecule has 3 nitrogen and oxygen atoms in total. The van der Waals surface area contributed by atoms with Gasteiger partial charge in [-0.15, -0.1) is 0 Å². The number of benzene rings is 4. The van der Waals surface area contributed by atoms with Gasteiger partial charge in [0.2, 0.25) is 0 Å². The van der Waals surface area contributed by atoms with Gasteiger partial charge in [0.25, 0.3) is 0 Å². The van der Waals surface area contributed by atoms with Crippen LogP contribution in [0.25, 0.3) is 0 Å². The molecule has 7 aliphatic carbocycles. The molecule has 107 heavy (non-hydrogen) atoms. The van der Waals surface area contributed by atoms with E-state index in [1.165, 1.54) is 228 Å². The molecule has 2 aromatic heterocycles. The quantitative estimate of drug-likeness (QED) is 0.152. The summed E-state index contributed by atoms with van der Waals surface area (Å²) in [6.45, 7) is 56.1. The fourth-order valence-corrected chi connectivity index (χ4v) is 13.7. The second-order valence-corrected chi connectivity index (χ2v) is 36.2. The van der Waals surface area contributed by atoms with E-state index in [0.29, 0.717) is 16.7 Å². The van der Waals surface area contributed by atoms with E-state index < -0.39 is 11.6 Å². The van der Waals surface area contributed by atoms with Gasteiger partial charge in [-0.2, -0.15) is 0 Å². The molecule has 0 aliphatic heterocycles. The second-order valence-electron chi connectivity index (χ2n) is 36.2. The molecule has 0 radical (unpaired) electrons. The Balaban J connectivity index is 0.000000580. The van der Waals surface area contributed by atoms with Crippen LogP contribution in [0.15, 0.2) is 110 Å². The van der Waals surface area contributed by atoms with Crippen LogP contribution >= 0.6 is 0 Å². The number of halogens is 3. The number of hydrogen-bond donors (Lipinski definition) is 0. The minimum Gasteiger partial charge on any atom is -0.261 e. The van der Waals surface area contributed by atoms with Crippen molar-refractivity contribution >= 4 is 0 Å². The minimum atomic E-state index is -0.736. The fraction of sp³-hybridized carbons (Fsp3) is 0.673. The van der Waals surface area contributed by atoms with E-state index in [4.69, 9.17) is 0 Å². The smallest absolute Gasteiger partial charge is 0.161 e. The predicted octanol–water partition coefficient (Wildman–Crippen LogP) is 32.3. The molecule has 7 saturated carbocycles. The second kappa shape index (κ2) is 58.8. The summed E-state index contributed by atoms with van der Waals surface area (Å²) in [4.78, 5) is 12.0. The third kappa shape index (κ3) is 54.2. The van der Waals surface area contributed by atoms with Crippen molar-refractivity contribution in [2.45, 2.75) is 360 Å². The van der Waals surface area contributed by atoms with Crippen LogP contribution in [0.4, 0.5) is 13.2 Å². The Bertz CT molecular complexity index is 2490. The summed E-state index contributed by atoms with van der Waals surface area (Å²) < 4.78 is 37.8. The minimum absolute atomic E-state index is 0.116. The Morgan fingerprint density at radius 1 is 0.206 bits per heavy atom. The third-order valence-electron chi connectivity index (χ3n) is 23.3. The summed E-state index contributed by atoms with van der Waals surface area (Å²) >= 11 is 0. The van der Waals surface area contributed by atoms with E-state index in [9.17, 15) is 13.2 Å². The van der Waals surface area contributed by atoms with Crippen molar-refractivity contribution in [3.8, 4) is 0 Å². The van der Waals surface area contributed by atoms with Crippen LogP contribution in [0.2, 0.25) is 0 Å². The largest absolute Gasteiger partial charge is 0.261 e. The average Bonchev–Trinajstić information content (AvgIpc) is 0.871. The van der Waals surface area contributed by atoms with Gasteiger partial charge in [-0.1, -0.05) is 378 Å². The first kappa shape index (κ1) is 99.9. The van der Waals surface area contributed by atoms with Crippen LogP contribution in [0.5, 0.6) is 0 Å². The monoisotopic (exact) mass is 1480 g/mol. The fourth-order valence-electron chi connectivity index (χ4n) is 13.7. The molecule has 7 aliphatic rings. The number of nitrogens with zero attached hydrogens (tertiary/aromatic N) is 3. The summed E-state index contributed by atoms with van der Waals surface area (Å²) in [6, 6.07) is 29.4. The molecule has 0 amide bonds. The third-order valence-corrected chi connectivity index (χ3v) is 23.3. The number of aromatic nitrogens is 3. The first-order chi connectivity index (χ1) is 50.5. The zero-order chi connectivity index (χ0) is 80.4. The standard InChI is InChI=1S/C8H8F2.C8H9F.7C8H16.2C8H10.C7H9N.C6H8N2/c1-5-3-4-6(2)8(10)7(5)9;1-6-3-4-7(2)8(9)5-6;9*1-7-3-5-8(2)6-4-7;1-6-3-4-7(2)8-5-6;1-5-3-7-6(2)8-4-5/h3-4H,1-2H3;3-5H,1-2H3;7*7-8H,3-6H2,1-2H3;2*3-6H,1-2H3;3-5H,1-2H3;3-4H,1-2H3. The first-order valence-electron chi connectivity index (χ1n) is 43.3. The van der Waals surface area contributed by atoms with E-state index >= 15 is 0 Å². The van der Waals surface area contributed by atoms with E-state index in [1.807, 2.05) is 65.3 Å². The molecular weight excluding hydrogens is 1310 g/mol. The van der Waals surface area contributed by atoms with Gasteiger partial charge < -0.3 is 0 Å². The Kier molecular flexibility index (Phi) is 54.9. The maximum atomic E-state index is 12.6. The van der Waals surface area contributed by atoms with Gasteiger partial charge in [0, 0.05) is 24.3 Å². The summed E-state index contributed by atoms with van der Waals surface area (Å²) in [5.41, 5.74) is 11.1. The SMILES string of the molecule is CC1CCC(C)CC1.CC1CCC(C)CC1.CC1CCC(C)CC1.CC1CCC(C)CC1.CC1CCC(C)CC1.CC1CCC(C)CC1.CC1CCC(C)CC1.Cc1ccc(C)c(F)c1.Cc1ccc(C)c(F)c1F.Cc1ccc(C)cc1.Cc1ccc(C)cc1.Cc1ccc(C)nc1.Cc1cnc(C)nc1. The van der Waals surface area contributed by atoms with Gasteiger partial charge >= 0.3 is 0 Å². The van der Waals surface area contributed by atoms with Crippen molar-refractivity contribution in [1.29, 1.82) is 0 Å². The van der Waals surface area contributed by atoms with Gasteiger partial charge in [0.1, 0.15) is 11.6 Å². The van der Waals surface area contributed by atoms with Gasteiger partial charge in [-0.25, -0.2) is 23.1 Å². The maximum absolute atomic E-state index is 12.6. The lowest BCUT2D eigenvalue weighted by Crippen LogP contribution is -2.08. The van der Waals surface area contributed by atoms with Crippen molar-refractivity contribution in [1.82, 2.24) is 15.0 Å². The summed E-state index contributed by atoms with van der Waals surface area (Å²) in [7, 11) is 0. The van der Waals surface area contributed by atoms with Gasteiger partial charge in [0.15, 0.2) is 11.6 Å². The molecule has 13 rings (SSSR count). The molecule has 0 bridgehead atoms. The lowest BCUT2D eigenvalue weighted by molar-refractivity contribution is 0.308. The summed E-state index contributed by atoms with van der Waals surface area (Å²) in [5.74, 6) is 13.5. The van der Waals surface area contributed by atoms with Gasteiger partial charge in [0.05, 0.1) is 0 Å². The molecular formula is C101H166F3N3. The van der Waals surface area contributed by atoms with Gasteiger partial charge in [-0.3, -0.25) is 4.98 Å². The van der Waals surface area contributed by atoms with Crippen molar-refractivity contribution in [3.63, 3.8) is 0 Å². The summed E-state index contributed by atoms with van der Waals surface area (Å²) in [5, 5.41) is 0. The number of hydrogen-bond acceptors (Lipinski definition) is 3. The zero-order valence-corrected chi connectivity index (χ0v) is 74.2. The van der Waals surface area contributed by atoms with Crippen molar-refractivity contribution in [2.75, 3.05) is 0 Å². The molecule has 0 unspecified atom stereocenters. The van der Waals surface area contributed by atoms with Gasteiger partial charge in [-0.05, 0) is 211 Å². The molecule has 0 N–H and O–H groups in total. The van der Waals surface area contributed by atoms with Crippen LogP contribution in [0, 0.1) is 183 Å².